The quantitative estimate of drug-likeness (QED) is 0.178. The zero-order chi connectivity index (χ0) is 44.0. The third kappa shape index (κ3) is 6.45. The maximum atomic E-state index is 13.8. The van der Waals surface area contributed by atoms with Gasteiger partial charge in [0, 0.05) is 27.1 Å². The maximum absolute atomic E-state index is 13.8. The summed E-state index contributed by atoms with van der Waals surface area (Å²) >= 11 is 0. The first-order chi connectivity index (χ1) is 30.9. The largest absolute Gasteiger partial charge is 0.416 e. The van der Waals surface area contributed by atoms with Gasteiger partial charge in [-0.05, 0) is 139 Å². The summed E-state index contributed by atoms with van der Waals surface area (Å²) in [5, 5.41) is 5.07. The average molecular weight is 841 g/mol. The first kappa shape index (κ1) is 39.3. The van der Waals surface area contributed by atoms with Crippen molar-refractivity contribution in [2.75, 3.05) is 0 Å². The van der Waals surface area contributed by atoms with E-state index in [9.17, 15) is 13.2 Å². The highest BCUT2D eigenvalue weighted by Crippen LogP contribution is 2.39. The Morgan fingerprint density at radius 1 is 0.516 bits per heavy atom. The van der Waals surface area contributed by atoms with Crippen LogP contribution < -0.4 is 5.48 Å². The van der Waals surface area contributed by atoms with Crippen molar-refractivity contribution in [3.05, 3.63) is 197 Å². The molecule has 0 amide bonds. The van der Waals surface area contributed by atoms with Gasteiger partial charge in [0.15, 0.2) is 5.65 Å². The van der Waals surface area contributed by atoms with Gasteiger partial charge in [0.05, 0.1) is 27.6 Å². The molecule has 4 bridgehead atoms. The molecule has 0 atom stereocenters. The van der Waals surface area contributed by atoms with E-state index in [0.29, 0.717) is 17.6 Å². The smallest absolute Gasteiger partial charge is 0.308 e. The zero-order valence-corrected chi connectivity index (χ0v) is 36.1. The maximum Gasteiger partial charge on any atom is 0.416 e. The molecular weight excluding hydrogens is 798 g/mol. The van der Waals surface area contributed by atoms with Gasteiger partial charge in [-0.2, -0.15) is 13.2 Å². The lowest BCUT2D eigenvalue weighted by molar-refractivity contribution is -0.137. The van der Waals surface area contributed by atoms with Gasteiger partial charge >= 0.3 is 6.18 Å². The summed E-state index contributed by atoms with van der Waals surface area (Å²) in [6, 6.07) is 44.3. The number of hydrogen-bond acceptors (Lipinski definition) is 2. The molecule has 4 nitrogen and oxygen atoms in total. The molecule has 0 saturated heterocycles. The van der Waals surface area contributed by atoms with Crippen molar-refractivity contribution in [3.63, 3.8) is 0 Å². The Morgan fingerprint density at radius 2 is 1.14 bits per heavy atom. The molecule has 0 N–H and O–H groups in total. The summed E-state index contributed by atoms with van der Waals surface area (Å²) in [5.74, 6) is 0.743. The minimum absolute atomic E-state index is 0.536. The van der Waals surface area contributed by atoms with Gasteiger partial charge in [0.1, 0.15) is 11.3 Å². The molecule has 0 fully saturated rings. The third-order valence-electron chi connectivity index (χ3n) is 12.8. The van der Waals surface area contributed by atoms with Crippen molar-refractivity contribution in [2.24, 2.45) is 0 Å². The van der Waals surface area contributed by atoms with E-state index in [0.717, 1.165) is 106 Å². The number of aryl methyl sites for hydroxylation is 5. The van der Waals surface area contributed by atoms with E-state index >= 15 is 0 Å². The van der Waals surface area contributed by atoms with Crippen LogP contribution in [0.4, 0.5) is 13.2 Å². The third-order valence-corrected chi connectivity index (χ3v) is 12.8. The van der Waals surface area contributed by atoms with Crippen LogP contribution in [0.5, 0.6) is 0 Å². The molecule has 7 heteroatoms. The van der Waals surface area contributed by atoms with E-state index in [1.54, 1.807) is 12.1 Å². The summed E-state index contributed by atoms with van der Waals surface area (Å²) in [6.45, 7) is 10.8. The van der Waals surface area contributed by atoms with Gasteiger partial charge in [-0.25, -0.2) is 9.97 Å². The van der Waals surface area contributed by atoms with Gasteiger partial charge in [-0.1, -0.05) is 121 Å². The molecule has 4 aromatic heterocycles. The van der Waals surface area contributed by atoms with Gasteiger partial charge in [0.2, 0.25) is 0 Å². The second-order valence-corrected chi connectivity index (χ2v) is 17.3. The highest BCUT2D eigenvalue weighted by atomic mass is 19.4. The first-order valence-corrected chi connectivity index (χ1v) is 21.6. The molecule has 1 aliphatic rings. The summed E-state index contributed by atoms with van der Waals surface area (Å²) in [5.41, 5.74) is 16.0. The number of nitrogens with zero attached hydrogens (tertiary/aromatic N) is 4. The van der Waals surface area contributed by atoms with E-state index in [2.05, 4.69) is 147 Å². The van der Waals surface area contributed by atoms with Crippen molar-refractivity contribution in [2.45, 2.75) is 47.2 Å². The van der Waals surface area contributed by atoms with E-state index in [-0.39, 0.29) is 0 Å². The van der Waals surface area contributed by atoms with E-state index in [1.165, 1.54) is 22.3 Å². The number of aromatic nitrogens is 4. The fourth-order valence-corrected chi connectivity index (χ4v) is 10.1. The van der Waals surface area contributed by atoms with E-state index in [1.807, 2.05) is 30.3 Å². The number of allylic oxidation sites excluding steroid dienone is 4. The lowest BCUT2D eigenvalue weighted by Gasteiger charge is -2.16. The molecule has 0 radical (unpaired) electrons. The van der Waals surface area contributed by atoms with Crippen molar-refractivity contribution in [3.8, 4) is 33.6 Å². The van der Waals surface area contributed by atoms with E-state index < -0.39 is 11.7 Å². The number of benzene rings is 7. The monoisotopic (exact) mass is 840 g/mol. The molecular formula is C57H43F3N4. The molecule has 0 spiro atoms. The van der Waals surface area contributed by atoms with Crippen LogP contribution in [0.2, 0.25) is 0 Å². The molecule has 1 aliphatic carbocycles. The van der Waals surface area contributed by atoms with Crippen LogP contribution in [0.3, 0.4) is 0 Å². The minimum atomic E-state index is -4.45. The Kier molecular flexibility index (Phi) is 9.10. The van der Waals surface area contributed by atoms with Crippen LogP contribution in [0.25, 0.3) is 93.9 Å². The Labute approximate surface area is 368 Å². The van der Waals surface area contributed by atoms with Gasteiger partial charge < -0.3 is 4.40 Å². The lowest BCUT2D eigenvalue weighted by atomic mass is 9.93. The fourth-order valence-electron chi connectivity index (χ4n) is 10.1. The van der Waals surface area contributed by atoms with Crippen molar-refractivity contribution in [1.29, 1.82) is 0 Å². The lowest BCUT2D eigenvalue weighted by Crippen LogP contribution is -2.24. The topological polar surface area (TPSA) is 34.6 Å². The number of hydrogen-bond donors (Lipinski definition) is 0. The minimum Gasteiger partial charge on any atom is -0.308 e. The van der Waals surface area contributed by atoms with Gasteiger partial charge in [-0.15, -0.1) is 0 Å². The molecule has 12 rings (SSSR count). The van der Waals surface area contributed by atoms with Crippen LogP contribution >= 0.6 is 0 Å². The summed E-state index contributed by atoms with van der Waals surface area (Å²) in [4.78, 5) is 11.2. The first-order valence-electron chi connectivity index (χ1n) is 21.6. The van der Waals surface area contributed by atoms with Crippen molar-refractivity contribution >= 4 is 60.2 Å². The fraction of sp³-hybridized carbons (Fsp3) is 0.123. The van der Waals surface area contributed by atoms with Crippen molar-refractivity contribution in [1.82, 2.24) is 18.8 Å². The Bertz CT molecular complexity index is 3750. The molecule has 312 valence electrons. The molecule has 64 heavy (non-hydrogen) atoms. The Hall–Kier alpha value is -7.51. The van der Waals surface area contributed by atoms with Crippen LogP contribution in [0.1, 0.15) is 39.8 Å². The van der Waals surface area contributed by atoms with E-state index in [4.69, 9.17) is 9.97 Å². The highest BCUT2D eigenvalue weighted by Gasteiger charge is 2.30. The Balaban J connectivity index is 1.43. The predicted molar refractivity (Wildman–Crippen MR) is 258 cm³/mol. The second kappa shape index (κ2) is 14.8. The van der Waals surface area contributed by atoms with Crippen LogP contribution in [-0.2, 0) is 6.18 Å². The molecule has 0 unspecified atom stereocenters. The predicted octanol–water partition coefficient (Wildman–Crippen LogP) is 14.7. The SMILES string of the molecule is Cc1cc(C)c(-c2ccc3c4ccc5cc4n(c4cc(-c6ccc(C(F)(F)F)cc6)ccc4c4nc(-c6ccccc6)n(c(=C6C=CC=CC6)n4)c4cc(C)cc(C)c54)c3c2)c(C)c1. The van der Waals surface area contributed by atoms with Crippen molar-refractivity contribution < 1.29 is 13.2 Å². The summed E-state index contributed by atoms with van der Waals surface area (Å²) in [6.07, 6.45) is 4.65. The molecule has 4 heterocycles. The van der Waals surface area contributed by atoms with Crippen LogP contribution in [0.15, 0.2) is 158 Å². The molecule has 0 aliphatic heterocycles. The number of halogens is 3. The molecule has 0 saturated carbocycles. The number of fused-ring (bicyclic) bond motifs is 4. The standard InChI is InChI=1S/C57H43F3N4/c1-33-26-35(3)52(36(4)27-33)42-19-23-45-46-24-20-43-32-49(46)63(48(45)31-42)50-30-41(38-16-21-44(22-17-38)57(58,59)60)18-25-47(50)54-61-55(39-12-8-6-9-13-39)64(51-29-34(2)28-37(5)53(43)51)56(62-54)40-14-10-7-11-15-40/h6-14,16-32H,15H2,1-5H3. The second-order valence-electron chi connectivity index (χ2n) is 17.3. The molecule has 7 aromatic carbocycles. The Morgan fingerprint density at radius 3 is 1.86 bits per heavy atom. The highest BCUT2D eigenvalue weighted by molar-refractivity contribution is 6.14. The van der Waals surface area contributed by atoms with Gasteiger partial charge in [-0.3, -0.25) is 4.40 Å². The zero-order valence-electron chi connectivity index (χ0n) is 36.1. The van der Waals surface area contributed by atoms with Crippen LogP contribution in [0, 0.1) is 34.6 Å². The normalized spacial score (nSPS) is 13.9. The number of rotatable bonds is 3. The summed E-state index contributed by atoms with van der Waals surface area (Å²) < 4.78 is 46.1. The number of alkyl halides is 3. The molecule has 11 aromatic rings. The van der Waals surface area contributed by atoms with Gasteiger partial charge in [0.25, 0.3) is 0 Å². The summed E-state index contributed by atoms with van der Waals surface area (Å²) in [7, 11) is 0. The average Bonchev–Trinajstić information content (AvgIpc) is 3.60. The van der Waals surface area contributed by atoms with Crippen LogP contribution in [-0.4, -0.2) is 18.8 Å².